The molecule has 0 atom stereocenters. The molecule has 10 heteroatoms. The summed E-state index contributed by atoms with van der Waals surface area (Å²) in [6.07, 6.45) is 3.05. The number of para-hydroxylation sites is 1. The molecule has 150 valence electrons. The van der Waals surface area contributed by atoms with E-state index in [1.54, 1.807) is 36.4 Å². The summed E-state index contributed by atoms with van der Waals surface area (Å²) >= 11 is 0. The fourth-order valence-electron chi connectivity index (χ4n) is 2.76. The molecule has 1 saturated carbocycles. The second-order valence-electron chi connectivity index (χ2n) is 6.79. The number of benzene rings is 2. The minimum absolute atomic E-state index is 0.0325. The van der Waals surface area contributed by atoms with Gasteiger partial charge in [-0.2, -0.15) is 0 Å². The lowest BCUT2D eigenvalue weighted by molar-refractivity contribution is -0.121. The van der Waals surface area contributed by atoms with Crippen molar-refractivity contribution in [3.63, 3.8) is 0 Å². The number of nitrogens with one attached hydrogen (secondary N) is 3. The number of amides is 1. The van der Waals surface area contributed by atoms with Crippen LogP contribution >= 0.6 is 0 Å². The molecule has 1 aliphatic rings. The summed E-state index contributed by atoms with van der Waals surface area (Å²) in [5, 5.41) is 0.437. The Bertz CT molecular complexity index is 1220. The van der Waals surface area contributed by atoms with Crippen molar-refractivity contribution in [3.8, 4) is 0 Å². The van der Waals surface area contributed by atoms with E-state index in [1.165, 1.54) is 23.0 Å². The van der Waals surface area contributed by atoms with Crippen molar-refractivity contribution in [1.29, 1.82) is 0 Å². The molecule has 0 spiro atoms. The van der Waals surface area contributed by atoms with Gasteiger partial charge in [-0.15, -0.1) is 0 Å². The summed E-state index contributed by atoms with van der Waals surface area (Å²) in [6, 6.07) is 12.9. The van der Waals surface area contributed by atoms with Crippen molar-refractivity contribution < 1.29 is 13.2 Å². The fraction of sp³-hybridized carbons (Fsp3) is 0.211. The molecule has 2 aromatic carbocycles. The van der Waals surface area contributed by atoms with Crippen LogP contribution in [-0.4, -0.2) is 29.9 Å². The molecular weight excluding hydrogens is 394 g/mol. The standard InChI is InChI=1S/C19H19N5O4S/c25-18(11-24-12-20-17-4-2-1-3-16(17)19(24)26)22-21-13-7-9-15(10-8-13)29(27,28)23-14-5-6-14/h1-4,7-10,12,14,21,23H,5-6,11H2,(H,22,25). The summed E-state index contributed by atoms with van der Waals surface area (Å²) in [5.41, 5.74) is 5.96. The Labute approximate surface area is 166 Å². The van der Waals surface area contributed by atoms with Crippen LogP contribution in [-0.2, 0) is 21.4 Å². The molecule has 1 heterocycles. The Morgan fingerprint density at radius 3 is 2.55 bits per heavy atom. The molecule has 1 aromatic heterocycles. The smallest absolute Gasteiger partial charge is 0.261 e. The monoisotopic (exact) mass is 413 g/mol. The Morgan fingerprint density at radius 2 is 1.83 bits per heavy atom. The molecule has 1 aliphatic carbocycles. The number of hydrazine groups is 1. The molecule has 9 nitrogen and oxygen atoms in total. The van der Waals surface area contributed by atoms with Gasteiger partial charge in [0.15, 0.2) is 0 Å². The number of rotatable bonds is 7. The van der Waals surface area contributed by atoms with Crippen molar-refractivity contribution in [2.24, 2.45) is 0 Å². The second-order valence-corrected chi connectivity index (χ2v) is 8.50. The number of fused-ring (bicyclic) bond motifs is 1. The van der Waals surface area contributed by atoms with Gasteiger partial charge < -0.3 is 0 Å². The number of nitrogens with zero attached hydrogens (tertiary/aromatic N) is 2. The van der Waals surface area contributed by atoms with Crippen LogP contribution in [0.5, 0.6) is 0 Å². The van der Waals surface area contributed by atoms with Crippen molar-refractivity contribution in [1.82, 2.24) is 19.7 Å². The molecule has 0 aliphatic heterocycles. The topological polar surface area (TPSA) is 122 Å². The third kappa shape index (κ3) is 4.44. The Hall–Kier alpha value is -3.24. The van der Waals surface area contributed by atoms with Crippen LogP contribution < -0.4 is 21.1 Å². The van der Waals surface area contributed by atoms with Crippen molar-refractivity contribution >= 4 is 32.5 Å². The zero-order valence-corrected chi connectivity index (χ0v) is 16.1. The average molecular weight is 413 g/mol. The number of hydrogen-bond donors (Lipinski definition) is 3. The van der Waals surface area contributed by atoms with Gasteiger partial charge >= 0.3 is 0 Å². The molecule has 0 saturated heterocycles. The van der Waals surface area contributed by atoms with Crippen molar-refractivity contribution in [3.05, 3.63) is 65.2 Å². The van der Waals surface area contributed by atoms with Gasteiger partial charge in [0.2, 0.25) is 10.0 Å². The van der Waals surface area contributed by atoms with Crippen LogP contribution in [0.15, 0.2) is 64.5 Å². The number of aromatic nitrogens is 2. The lowest BCUT2D eigenvalue weighted by Gasteiger charge is -2.11. The van der Waals surface area contributed by atoms with Crippen molar-refractivity contribution in [2.75, 3.05) is 5.43 Å². The van der Waals surface area contributed by atoms with E-state index in [4.69, 9.17) is 0 Å². The highest BCUT2D eigenvalue weighted by Gasteiger charge is 2.27. The van der Waals surface area contributed by atoms with Crippen molar-refractivity contribution in [2.45, 2.75) is 30.3 Å². The quantitative estimate of drug-likeness (QED) is 0.497. The Kier molecular flexibility index (Phi) is 5.03. The van der Waals surface area contributed by atoms with Crippen LogP contribution in [0.4, 0.5) is 5.69 Å². The highest BCUT2D eigenvalue weighted by atomic mass is 32.2. The summed E-state index contributed by atoms with van der Waals surface area (Å²) in [4.78, 5) is 28.9. The molecule has 0 bridgehead atoms. The van der Waals surface area contributed by atoms with E-state index >= 15 is 0 Å². The Balaban J connectivity index is 1.37. The fourth-order valence-corrected chi connectivity index (χ4v) is 4.07. The number of sulfonamides is 1. The average Bonchev–Trinajstić information content (AvgIpc) is 3.52. The van der Waals surface area contributed by atoms with Gasteiger partial charge in [0.05, 0.1) is 27.8 Å². The lowest BCUT2D eigenvalue weighted by Crippen LogP contribution is -2.35. The lowest BCUT2D eigenvalue weighted by atomic mass is 10.2. The minimum Gasteiger partial charge on any atom is -0.299 e. The van der Waals surface area contributed by atoms with Gasteiger partial charge in [-0.3, -0.25) is 25.0 Å². The predicted octanol–water partition coefficient (Wildman–Crippen LogP) is 0.980. The first kappa shape index (κ1) is 19.1. The molecule has 0 radical (unpaired) electrons. The largest absolute Gasteiger partial charge is 0.299 e. The minimum atomic E-state index is -3.52. The van der Waals surface area contributed by atoms with E-state index in [1.807, 2.05) is 0 Å². The van der Waals surface area contributed by atoms with Gasteiger partial charge in [-0.05, 0) is 49.2 Å². The first-order valence-electron chi connectivity index (χ1n) is 9.04. The highest BCUT2D eigenvalue weighted by molar-refractivity contribution is 7.89. The number of anilines is 1. The summed E-state index contributed by atoms with van der Waals surface area (Å²) < 4.78 is 28.1. The maximum atomic E-state index is 12.4. The first-order valence-corrected chi connectivity index (χ1v) is 10.5. The molecule has 1 amide bonds. The third-order valence-corrected chi connectivity index (χ3v) is 5.99. The number of carbonyl (C=O) groups is 1. The zero-order valence-electron chi connectivity index (χ0n) is 15.3. The maximum Gasteiger partial charge on any atom is 0.261 e. The van der Waals surface area contributed by atoms with Gasteiger partial charge in [0.25, 0.3) is 11.5 Å². The van der Waals surface area contributed by atoms with E-state index in [0.717, 1.165) is 12.8 Å². The van der Waals surface area contributed by atoms with Gasteiger partial charge in [-0.25, -0.2) is 18.1 Å². The Morgan fingerprint density at radius 1 is 1.10 bits per heavy atom. The molecule has 3 aromatic rings. The third-order valence-electron chi connectivity index (χ3n) is 4.46. The van der Waals surface area contributed by atoms with Crippen LogP contribution in [0.2, 0.25) is 0 Å². The molecule has 4 rings (SSSR count). The number of carbonyl (C=O) groups excluding carboxylic acids is 1. The second kappa shape index (κ2) is 7.64. The number of hydrogen-bond acceptors (Lipinski definition) is 6. The van der Waals surface area contributed by atoms with Crippen LogP contribution in [0, 0.1) is 0 Å². The van der Waals surface area contributed by atoms with E-state index in [2.05, 4.69) is 20.6 Å². The summed E-state index contributed by atoms with van der Waals surface area (Å²) in [5.74, 6) is -0.448. The molecular formula is C19H19N5O4S. The molecule has 3 N–H and O–H groups in total. The molecule has 0 unspecified atom stereocenters. The van der Waals surface area contributed by atoms with E-state index < -0.39 is 15.9 Å². The van der Waals surface area contributed by atoms with Crippen LogP contribution in [0.25, 0.3) is 10.9 Å². The van der Waals surface area contributed by atoms with E-state index in [0.29, 0.717) is 16.6 Å². The van der Waals surface area contributed by atoms with Gasteiger partial charge in [0, 0.05) is 6.04 Å². The van der Waals surface area contributed by atoms with E-state index in [-0.39, 0.29) is 23.0 Å². The van der Waals surface area contributed by atoms with Crippen LogP contribution in [0.3, 0.4) is 0 Å². The normalized spacial score (nSPS) is 13.9. The zero-order chi connectivity index (χ0) is 20.4. The molecule has 1 fully saturated rings. The highest BCUT2D eigenvalue weighted by Crippen LogP contribution is 2.22. The predicted molar refractivity (Wildman–Crippen MR) is 108 cm³/mol. The summed E-state index contributed by atoms with van der Waals surface area (Å²) in [6.45, 7) is -0.207. The van der Waals surface area contributed by atoms with Gasteiger partial charge in [-0.1, -0.05) is 12.1 Å². The summed E-state index contributed by atoms with van der Waals surface area (Å²) in [7, 11) is -3.52. The molecule has 29 heavy (non-hydrogen) atoms. The SMILES string of the molecule is O=C(Cn1cnc2ccccc2c1=O)NNc1ccc(S(=O)(=O)NC2CC2)cc1. The van der Waals surface area contributed by atoms with E-state index in [9.17, 15) is 18.0 Å². The van der Waals surface area contributed by atoms with Gasteiger partial charge in [0.1, 0.15) is 6.54 Å². The van der Waals surface area contributed by atoms with Crippen LogP contribution in [0.1, 0.15) is 12.8 Å². The first-order chi connectivity index (χ1) is 13.9. The maximum absolute atomic E-state index is 12.4.